The summed E-state index contributed by atoms with van der Waals surface area (Å²) in [6, 6.07) is 12.0. The maximum atomic E-state index is 9.06. The third-order valence-corrected chi connectivity index (χ3v) is 4.13. The van der Waals surface area contributed by atoms with E-state index in [1.165, 1.54) is 4.88 Å². The number of hydrogen-bond donors (Lipinski definition) is 0. The smallest absolute Gasteiger partial charge is 0.101 e. The molecule has 2 nitrogen and oxygen atoms in total. The number of hydrogen-bond acceptors (Lipinski definition) is 3. The van der Waals surface area contributed by atoms with Crippen molar-refractivity contribution in [2.24, 2.45) is 0 Å². The molecule has 0 atom stereocenters. The van der Waals surface area contributed by atoms with Gasteiger partial charge in [0.1, 0.15) is 6.07 Å². The lowest BCUT2D eigenvalue weighted by Crippen LogP contribution is -2.16. The molecule has 0 spiro atoms. The van der Waals surface area contributed by atoms with Gasteiger partial charge >= 0.3 is 0 Å². The van der Waals surface area contributed by atoms with Crippen molar-refractivity contribution in [3.05, 3.63) is 50.6 Å². The summed E-state index contributed by atoms with van der Waals surface area (Å²) in [4.78, 5) is 3.36. The molecule has 1 aromatic heterocycles. The molecule has 1 heterocycles. The van der Waals surface area contributed by atoms with E-state index in [2.05, 4.69) is 38.3 Å². The van der Waals surface area contributed by atoms with Gasteiger partial charge in [-0.25, -0.2) is 0 Å². The van der Waals surface area contributed by atoms with Gasteiger partial charge in [-0.2, -0.15) is 5.26 Å². The third-order valence-electron chi connectivity index (χ3n) is 2.45. The molecule has 0 bridgehead atoms. The fourth-order valence-electron chi connectivity index (χ4n) is 1.66. The van der Waals surface area contributed by atoms with Crippen LogP contribution in [0, 0.1) is 11.3 Å². The normalized spacial score (nSPS) is 9.94. The van der Waals surface area contributed by atoms with E-state index in [1.54, 1.807) is 11.3 Å². The molecule has 86 valence electrons. The van der Waals surface area contributed by atoms with E-state index >= 15 is 0 Å². The van der Waals surface area contributed by atoms with E-state index in [0.29, 0.717) is 5.56 Å². The zero-order valence-corrected chi connectivity index (χ0v) is 11.8. The van der Waals surface area contributed by atoms with Crippen molar-refractivity contribution in [3.63, 3.8) is 0 Å². The van der Waals surface area contributed by atoms with Gasteiger partial charge in [0.05, 0.1) is 17.8 Å². The third kappa shape index (κ3) is 2.87. The summed E-state index contributed by atoms with van der Waals surface area (Å²) in [5, 5.41) is 11.1. The second-order valence-electron chi connectivity index (χ2n) is 3.72. The Bertz CT molecular complexity index is 557. The number of rotatable bonds is 3. The first kappa shape index (κ1) is 12.2. The monoisotopic (exact) mass is 306 g/mol. The van der Waals surface area contributed by atoms with Crippen LogP contribution in [0.25, 0.3) is 0 Å². The van der Waals surface area contributed by atoms with E-state index in [0.717, 1.165) is 16.7 Å². The molecule has 0 saturated heterocycles. The van der Waals surface area contributed by atoms with Gasteiger partial charge in [0.25, 0.3) is 0 Å². The zero-order chi connectivity index (χ0) is 12.3. The minimum Gasteiger partial charge on any atom is -0.368 e. The molecule has 4 heteroatoms. The number of para-hydroxylation sites is 1. The number of halogens is 1. The first-order chi connectivity index (χ1) is 8.20. The number of anilines is 1. The van der Waals surface area contributed by atoms with Crippen LogP contribution in [0.4, 0.5) is 5.69 Å². The molecule has 0 aliphatic carbocycles. The van der Waals surface area contributed by atoms with Crippen molar-refractivity contribution in [2.45, 2.75) is 6.54 Å². The van der Waals surface area contributed by atoms with Crippen molar-refractivity contribution >= 4 is 33.0 Å². The van der Waals surface area contributed by atoms with Crippen LogP contribution in [0.1, 0.15) is 10.4 Å². The molecule has 0 N–H and O–H groups in total. The SMILES string of the molecule is CN(Cc1cc(Br)cs1)c1ccccc1C#N. The molecule has 2 aromatic rings. The van der Waals surface area contributed by atoms with Gasteiger partial charge in [0, 0.05) is 21.8 Å². The lowest BCUT2D eigenvalue weighted by atomic mass is 10.2. The first-order valence-electron chi connectivity index (χ1n) is 5.14. The molecule has 2 rings (SSSR count). The maximum Gasteiger partial charge on any atom is 0.101 e. The molecule has 0 unspecified atom stereocenters. The molecule has 0 radical (unpaired) electrons. The van der Waals surface area contributed by atoms with Gasteiger partial charge in [-0.3, -0.25) is 0 Å². The summed E-state index contributed by atoms with van der Waals surface area (Å²) in [6.07, 6.45) is 0. The fraction of sp³-hybridized carbons (Fsp3) is 0.154. The predicted octanol–water partition coefficient (Wildman–Crippen LogP) is 4.02. The molecule has 0 fully saturated rings. The fourth-order valence-corrected chi connectivity index (χ4v) is 3.16. The van der Waals surface area contributed by atoms with Crippen molar-refractivity contribution in [1.29, 1.82) is 5.26 Å². The van der Waals surface area contributed by atoms with E-state index in [-0.39, 0.29) is 0 Å². The maximum absolute atomic E-state index is 9.06. The highest BCUT2D eigenvalue weighted by Gasteiger charge is 2.08. The number of nitrogens with zero attached hydrogens (tertiary/aromatic N) is 2. The molecular weight excluding hydrogens is 296 g/mol. The summed E-state index contributed by atoms with van der Waals surface area (Å²) < 4.78 is 1.11. The summed E-state index contributed by atoms with van der Waals surface area (Å²) in [7, 11) is 2.00. The Labute approximate surface area is 113 Å². The van der Waals surface area contributed by atoms with E-state index in [1.807, 2.05) is 31.3 Å². The summed E-state index contributed by atoms with van der Waals surface area (Å²) >= 11 is 5.16. The Morgan fingerprint density at radius 2 is 2.18 bits per heavy atom. The highest BCUT2D eigenvalue weighted by Crippen LogP contribution is 2.24. The van der Waals surface area contributed by atoms with Crippen molar-refractivity contribution in [3.8, 4) is 6.07 Å². The lowest BCUT2D eigenvalue weighted by Gasteiger charge is -2.19. The Morgan fingerprint density at radius 3 is 2.82 bits per heavy atom. The van der Waals surface area contributed by atoms with Crippen LogP contribution in [0.2, 0.25) is 0 Å². The topological polar surface area (TPSA) is 27.0 Å². The van der Waals surface area contributed by atoms with Gasteiger partial charge in [-0.05, 0) is 34.1 Å². The average molecular weight is 307 g/mol. The summed E-state index contributed by atoms with van der Waals surface area (Å²) in [5.41, 5.74) is 1.69. The van der Waals surface area contributed by atoms with E-state index < -0.39 is 0 Å². The van der Waals surface area contributed by atoms with Crippen LogP contribution in [-0.4, -0.2) is 7.05 Å². The van der Waals surface area contributed by atoms with Crippen molar-refractivity contribution in [1.82, 2.24) is 0 Å². The van der Waals surface area contributed by atoms with Crippen LogP contribution >= 0.6 is 27.3 Å². The van der Waals surface area contributed by atoms with Gasteiger partial charge in [0.15, 0.2) is 0 Å². The van der Waals surface area contributed by atoms with Gasteiger partial charge in [-0.1, -0.05) is 12.1 Å². The number of thiophene rings is 1. The van der Waals surface area contributed by atoms with Crippen LogP contribution in [0.15, 0.2) is 40.2 Å². The molecular formula is C13H11BrN2S. The standard InChI is InChI=1S/C13H11BrN2S/c1-16(8-12-6-11(14)9-17-12)13-5-3-2-4-10(13)7-15/h2-6,9H,8H2,1H3. The van der Waals surface area contributed by atoms with E-state index in [9.17, 15) is 0 Å². The first-order valence-corrected chi connectivity index (χ1v) is 6.81. The van der Waals surface area contributed by atoms with E-state index in [4.69, 9.17) is 5.26 Å². The quantitative estimate of drug-likeness (QED) is 0.856. The minimum absolute atomic E-state index is 0.714. The Morgan fingerprint density at radius 1 is 1.41 bits per heavy atom. The second kappa shape index (κ2) is 5.35. The average Bonchev–Trinajstić information content (AvgIpc) is 2.74. The van der Waals surface area contributed by atoms with Gasteiger partial charge in [-0.15, -0.1) is 11.3 Å². The highest BCUT2D eigenvalue weighted by molar-refractivity contribution is 9.10. The summed E-state index contributed by atoms with van der Waals surface area (Å²) in [5.74, 6) is 0. The van der Waals surface area contributed by atoms with Crippen LogP contribution in [0.5, 0.6) is 0 Å². The van der Waals surface area contributed by atoms with Crippen LogP contribution in [0.3, 0.4) is 0 Å². The van der Waals surface area contributed by atoms with Gasteiger partial charge < -0.3 is 4.90 Å². The van der Waals surface area contributed by atoms with Crippen molar-refractivity contribution < 1.29 is 0 Å². The largest absolute Gasteiger partial charge is 0.368 e. The molecule has 1 aromatic carbocycles. The highest BCUT2D eigenvalue weighted by atomic mass is 79.9. The number of nitriles is 1. The molecule has 17 heavy (non-hydrogen) atoms. The Kier molecular flexibility index (Phi) is 3.82. The second-order valence-corrected chi connectivity index (χ2v) is 5.63. The predicted molar refractivity (Wildman–Crippen MR) is 75.3 cm³/mol. The molecule has 0 aliphatic rings. The molecule has 0 saturated carbocycles. The van der Waals surface area contributed by atoms with Crippen LogP contribution < -0.4 is 4.90 Å². The minimum atomic E-state index is 0.714. The number of benzene rings is 1. The van der Waals surface area contributed by atoms with Crippen LogP contribution in [-0.2, 0) is 6.54 Å². The molecule has 0 amide bonds. The zero-order valence-electron chi connectivity index (χ0n) is 9.35. The molecule has 0 aliphatic heterocycles. The Hall–Kier alpha value is -1.31. The Balaban J connectivity index is 2.20. The van der Waals surface area contributed by atoms with Gasteiger partial charge in [0.2, 0.25) is 0 Å². The lowest BCUT2D eigenvalue weighted by molar-refractivity contribution is 0.937. The van der Waals surface area contributed by atoms with Crippen molar-refractivity contribution in [2.75, 3.05) is 11.9 Å². The summed E-state index contributed by atoms with van der Waals surface area (Å²) in [6.45, 7) is 0.814.